The van der Waals surface area contributed by atoms with E-state index in [-0.39, 0.29) is 59.1 Å². The van der Waals surface area contributed by atoms with Gasteiger partial charge in [0.25, 0.3) is 0 Å². The number of unbranched alkanes of at least 4 members (excludes halogenated alkanes) is 3. The minimum absolute atomic E-state index is 0. The molecule has 0 atom stereocenters. The van der Waals surface area contributed by atoms with Crippen LogP contribution in [0.3, 0.4) is 0 Å². The molecule has 8 nitrogen and oxygen atoms in total. The first-order valence-corrected chi connectivity index (χ1v) is 9.05. The molecule has 2 rings (SSSR count). The van der Waals surface area contributed by atoms with Gasteiger partial charge in [-0.1, -0.05) is 32.3 Å². The van der Waals surface area contributed by atoms with Crippen LogP contribution in [0.25, 0.3) is 5.57 Å². The Morgan fingerprint density at radius 3 is 2.41 bits per heavy atom. The van der Waals surface area contributed by atoms with Gasteiger partial charge in [-0.3, -0.25) is 0 Å². The van der Waals surface area contributed by atoms with Crippen molar-refractivity contribution < 1.29 is 78.9 Å². The SMILES string of the molecule is CCCCCCNc1nsnc1C1=CCCN(C)C1.O=C([O-])C(=O)[O-].[Na+].[Na+]. The molecule has 0 radical (unpaired) electrons. The van der Waals surface area contributed by atoms with Crippen molar-refractivity contribution in [1.82, 2.24) is 13.6 Å². The zero-order valence-electron chi connectivity index (χ0n) is 16.6. The molecule has 2 heterocycles. The molecule has 27 heavy (non-hydrogen) atoms. The Bertz CT molecular complexity index is 587. The number of carboxylic acid groups (broad SMARTS) is 2. The molecule has 0 unspecified atom stereocenters. The van der Waals surface area contributed by atoms with E-state index in [1.807, 2.05) is 0 Å². The van der Waals surface area contributed by atoms with Gasteiger partial charge in [-0.15, -0.1) is 0 Å². The minimum Gasteiger partial charge on any atom is -0.543 e. The molecule has 1 aliphatic rings. The third-order valence-electron chi connectivity index (χ3n) is 3.62. The molecule has 1 aromatic heterocycles. The fraction of sp³-hybridized carbons (Fsp3) is 0.625. The van der Waals surface area contributed by atoms with E-state index in [1.165, 1.54) is 43.0 Å². The number of carboxylic acids is 2. The molecule has 1 N–H and O–H groups in total. The summed E-state index contributed by atoms with van der Waals surface area (Å²) in [6.45, 7) is 5.36. The number of rotatable bonds is 7. The number of carbonyl (C=O) groups excluding carboxylic acids is 2. The summed E-state index contributed by atoms with van der Waals surface area (Å²) in [7, 11) is 2.16. The monoisotopic (exact) mass is 414 g/mol. The van der Waals surface area contributed by atoms with E-state index in [2.05, 4.69) is 39.0 Å². The van der Waals surface area contributed by atoms with Gasteiger partial charge in [0.05, 0.1) is 23.7 Å². The van der Waals surface area contributed by atoms with Crippen LogP contribution in [0.1, 0.15) is 44.7 Å². The van der Waals surface area contributed by atoms with Crippen molar-refractivity contribution in [2.75, 3.05) is 32.0 Å². The summed E-state index contributed by atoms with van der Waals surface area (Å²) >= 11 is 1.31. The Kier molecular flexibility index (Phi) is 18.3. The number of anilines is 1. The van der Waals surface area contributed by atoms with Gasteiger partial charge in [0.2, 0.25) is 0 Å². The molecule has 0 fully saturated rings. The summed E-state index contributed by atoms with van der Waals surface area (Å²) in [5.74, 6) is -3.40. The van der Waals surface area contributed by atoms with Crippen molar-refractivity contribution >= 4 is 35.1 Å². The van der Waals surface area contributed by atoms with Crippen molar-refractivity contribution in [3.63, 3.8) is 0 Å². The van der Waals surface area contributed by atoms with Crippen LogP contribution in [0.5, 0.6) is 0 Å². The Morgan fingerprint density at radius 2 is 1.85 bits per heavy atom. The predicted octanol–water partition coefficient (Wildman–Crippen LogP) is -6.26. The maximum Gasteiger partial charge on any atom is 1.00 e. The van der Waals surface area contributed by atoms with E-state index < -0.39 is 11.9 Å². The Morgan fingerprint density at radius 1 is 1.19 bits per heavy atom. The molecular weight excluding hydrogens is 390 g/mol. The summed E-state index contributed by atoms with van der Waals surface area (Å²) in [5, 5.41) is 21.3. The molecule has 1 aliphatic heterocycles. The van der Waals surface area contributed by atoms with Crippen LogP contribution in [0.2, 0.25) is 0 Å². The second-order valence-corrected chi connectivity index (χ2v) is 6.31. The topological polar surface area (TPSA) is 121 Å². The van der Waals surface area contributed by atoms with Gasteiger partial charge in [-0.05, 0) is 25.5 Å². The Balaban J connectivity index is 0. The molecular formula is C16H24N4Na2O4S. The molecule has 0 bridgehead atoms. The third kappa shape index (κ3) is 12.2. The average molecular weight is 414 g/mol. The summed E-state index contributed by atoms with van der Waals surface area (Å²) in [4.78, 5) is 20.2. The quantitative estimate of drug-likeness (QED) is 0.266. The second-order valence-electron chi connectivity index (χ2n) is 5.78. The first-order chi connectivity index (χ1) is 12.0. The molecule has 1 aromatic rings. The second kappa shape index (κ2) is 16.9. The summed E-state index contributed by atoms with van der Waals surface area (Å²) in [6, 6.07) is 0. The van der Waals surface area contributed by atoms with Crippen LogP contribution in [-0.2, 0) is 9.59 Å². The van der Waals surface area contributed by atoms with E-state index in [0.717, 1.165) is 37.6 Å². The van der Waals surface area contributed by atoms with Crippen molar-refractivity contribution in [2.45, 2.75) is 39.0 Å². The zero-order valence-corrected chi connectivity index (χ0v) is 21.4. The van der Waals surface area contributed by atoms with Gasteiger partial charge in [-0.25, -0.2) is 0 Å². The first kappa shape index (κ1) is 29.2. The molecule has 0 amide bonds. The van der Waals surface area contributed by atoms with Crippen molar-refractivity contribution in [3.05, 3.63) is 11.8 Å². The summed E-state index contributed by atoms with van der Waals surface area (Å²) < 4.78 is 8.86. The number of hydrogen-bond donors (Lipinski definition) is 1. The Hall–Kier alpha value is 0. The predicted molar refractivity (Wildman–Crippen MR) is 92.6 cm³/mol. The van der Waals surface area contributed by atoms with Gasteiger partial charge in [0.15, 0.2) is 5.82 Å². The maximum atomic E-state index is 8.93. The number of aliphatic carboxylic acids is 2. The number of hydrogen-bond acceptors (Lipinski definition) is 9. The van der Waals surface area contributed by atoms with Crippen molar-refractivity contribution in [1.29, 1.82) is 0 Å². The number of likely N-dealkylation sites (N-methyl/N-ethyl adjacent to an activating group) is 1. The van der Waals surface area contributed by atoms with E-state index in [1.54, 1.807) is 0 Å². The van der Waals surface area contributed by atoms with E-state index in [9.17, 15) is 0 Å². The average Bonchev–Trinajstić information content (AvgIpc) is 3.03. The number of carbonyl (C=O) groups is 2. The normalized spacial score (nSPS) is 13.2. The van der Waals surface area contributed by atoms with Gasteiger partial charge in [0.1, 0.15) is 5.69 Å². The van der Waals surface area contributed by atoms with E-state index in [0.29, 0.717) is 0 Å². The number of nitrogens with zero attached hydrogens (tertiary/aromatic N) is 3. The fourth-order valence-corrected chi connectivity index (χ4v) is 2.90. The van der Waals surface area contributed by atoms with E-state index >= 15 is 0 Å². The summed E-state index contributed by atoms with van der Waals surface area (Å²) in [6.07, 6.45) is 8.52. The van der Waals surface area contributed by atoms with Crippen molar-refractivity contribution in [2.24, 2.45) is 0 Å². The van der Waals surface area contributed by atoms with Gasteiger partial charge >= 0.3 is 59.1 Å². The van der Waals surface area contributed by atoms with Crippen LogP contribution in [0.15, 0.2) is 6.08 Å². The van der Waals surface area contributed by atoms with Crippen LogP contribution < -0.4 is 74.6 Å². The van der Waals surface area contributed by atoms with Crippen LogP contribution in [0.4, 0.5) is 5.82 Å². The molecule has 0 aliphatic carbocycles. The Labute approximate surface area is 208 Å². The van der Waals surface area contributed by atoms with Crippen molar-refractivity contribution in [3.8, 4) is 0 Å². The molecule has 0 spiro atoms. The van der Waals surface area contributed by atoms with Crippen LogP contribution in [-0.4, -0.2) is 52.3 Å². The van der Waals surface area contributed by atoms with Gasteiger partial charge < -0.3 is 30.0 Å². The number of nitrogens with one attached hydrogen (secondary N) is 1. The van der Waals surface area contributed by atoms with E-state index in [4.69, 9.17) is 19.8 Å². The van der Waals surface area contributed by atoms with Crippen LogP contribution in [0, 0.1) is 0 Å². The fourth-order valence-electron chi connectivity index (χ4n) is 2.34. The third-order valence-corrected chi connectivity index (χ3v) is 4.15. The standard InChI is InChI=1S/C14H24N4S.C2H2O4.2Na/c1-3-4-5-6-9-15-14-13(16-19-17-14)12-8-7-10-18(2)11-12;3-1(4)2(5)6;;/h8H,3-7,9-11H2,1-2H3,(H,15,17);(H,3,4)(H,5,6);;/q;;2*+1/p-2. The smallest absolute Gasteiger partial charge is 0.543 e. The maximum absolute atomic E-state index is 8.93. The van der Waals surface area contributed by atoms with Gasteiger partial charge in [-0.2, -0.15) is 8.75 Å². The molecule has 0 saturated carbocycles. The molecule has 0 saturated heterocycles. The molecule has 0 aromatic carbocycles. The van der Waals surface area contributed by atoms with Crippen LogP contribution >= 0.6 is 11.7 Å². The first-order valence-electron chi connectivity index (χ1n) is 8.32. The molecule has 140 valence electrons. The largest absolute Gasteiger partial charge is 1.00 e. The minimum atomic E-state index is -2.19. The summed E-state index contributed by atoms with van der Waals surface area (Å²) in [5.41, 5.74) is 2.38. The number of aromatic nitrogens is 2. The zero-order chi connectivity index (χ0) is 18.7. The van der Waals surface area contributed by atoms with Gasteiger partial charge in [0, 0.05) is 19.6 Å². The molecule has 11 heteroatoms.